The summed E-state index contributed by atoms with van der Waals surface area (Å²) in [6.45, 7) is 2.20. The van der Waals surface area contributed by atoms with Crippen LogP contribution in [0.5, 0.6) is 0 Å². The molecule has 6 heteroatoms. The second-order valence-electron chi connectivity index (χ2n) is 4.20. The molecule has 5 nitrogen and oxygen atoms in total. The first-order valence-electron chi connectivity index (χ1n) is 5.85. The number of aromatic nitrogens is 1. The van der Waals surface area contributed by atoms with E-state index in [0.29, 0.717) is 12.2 Å². The maximum atomic E-state index is 12.0. The minimum absolute atomic E-state index is 0.298. The highest BCUT2D eigenvalue weighted by Crippen LogP contribution is 2.13. The molecule has 0 saturated heterocycles. The van der Waals surface area contributed by atoms with Crippen molar-refractivity contribution in [2.45, 2.75) is 19.5 Å². The molecule has 19 heavy (non-hydrogen) atoms. The van der Waals surface area contributed by atoms with E-state index < -0.39 is 11.9 Å². The Kier molecular flexibility index (Phi) is 4.01. The molecule has 2 heterocycles. The minimum Gasteiger partial charge on any atom is -0.368 e. The predicted molar refractivity (Wildman–Crippen MR) is 74.0 cm³/mol. The molecule has 0 fully saturated rings. The minimum atomic E-state index is -0.683. The number of thiophene rings is 1. The summed E-state index contributed by atoms with van der Waals surface area (Å²) >= 11 is 1.63. The lowest BCUT2D eigenvalue weighted by molar-refractivity contribution is -0.119. The average Bonchev–Trinajstić information content (AvgIpc) is 3.00. The number of hydrogen-bond donors (Lipinski definition) is 2. The molecular formula is C13H15N3O2S. The molecule has 0 aliphatic carbocycles. The molecule has 0 aromatic carbocycles. The van der Waals surface area contributed by atoms with Gasteiger partial charge < -0.3 is 15.6 Å². The maximum Gasteiger partial charge on any atom is 0.268 e. The fraction of sp³-hybridized carbons (Fsp3) is 0.231. The van der Waals surface area contributed by atoms with Crippen LogP contribution >= 0.6 is 11.3 Å². The van der Waals surface area contributed by atoms with Crippen molar-refractivity contribution in [1.29, 1.82) is 0 Å². The molecule has 0 bridgehead atoms. The Morgan fingerprint density at radius 2 is 2.21 bits per heavy atom. The zero-order chi connectivity index (χ0) is 13.8. The van der Waals surface area contributed by atoms with Crippen LogP contribution in [0, 0.1) is 0 Å². The summed E-state index contributed by atoms with van der Waals surface area (Å²) in [4.78, 5) is 24.1. The van der Waals surface area contributed by atoms with Gasteiger partial charge in [-0.15, -0.1) is 11.3 Å². The van der Waals surface area contributed by atoms with Crippen LogP contribution in [-0.2, 0) is 11.3 Å². The van der Waals surface area contributed by atoms with Gasteiger partial charge in [-0.2, -0.15) is 0 Å². The van der Waals surface area contributed by atoms with Crippen LogP contribution in [0.2, 0.25) is 0 Å². The topological polar surface area (TPSA) is 77.1 Å². The molecule has 2 aromatic rings. The van der Waals surface area contributed by atoms with Crippen LogP contribution in [0.1, 0.15) is 22.3 Å². The fourth-order valence-electron chi connectivity index (χ4n) is 1.67. The summed E-state index contributed by atoms with van der Waals surface area (Å²) in [7, 11) is 0. The summed E-state index contributed by atoms with van der Waals surface area (Å²) < 4.78 is 1.84. The number of nitrogens with zero attached hydrogens (tertiary/aromatic N) is 1. The van der Waals surface area contributed by atoms with Crippen molar-refractivity contribution in [2.24, 2.45) is 5.73 Å². The van der Waals surface area contributed by atoms with Gasteiger partial charge >= 0.3 is 0 Å². The van der Waals surface area contributed by atoms with Gasteiger partial charge in [0.1, 0.15) is 11.7 Å². The normalized spacial score (nSPS) is 12.1. The van der Waals surface area contributed by atoms with Gasteiger partial charge in [-0.05, 0) is 30.5 Å². The molecule has 100 valence electrons. The zero-order valence-electron chi connectivity index (χ0n) is 10.5. The molecule has 0 radical (unpaired) electrons. The van der Waals surface area contributed by atoms with Crippen LogP contribution < -0.4 is 11.1 Å². The SMILES string of the molecule is C[C@@H](NC(=O)c1cccn1Cc1cccs1)C(N)=O. The maximum absolute atomic E-state index is 12.0. The Hall–Kier alpha value is -2.08. The number of hydrogen-bond acceptors (Lipinski definition) is 3. The van der Waals surface area contributed by atoms with Crippen molar-refractivity contribution in [1.82, 2.24) is 9.88 Å². The summed E-state index contributed by atoms with van der Waals surface area (Å²) in [5, 5.41) is 4.56. The Bertz CT molecular complexity index is 574. The van der Waals surface area contributed by atoms with E-state index in [2.05, 4.69) is 5.32 Å². The number of nitrogens with two attached hydrogens (primary N) is 1. The van der Waals surface area contributed by atoms with E-state index in [0.717, 1.165) is 4.88 Å². The van der Waals surface area contributed by atoms with Crippen LogP contribution in [-0.4, -0.2) is 22.4 Å². The first-order chi connectivity index (χ1) is 9.08. The van der Waals surface area contributed by atoms with Crippen LogP contribution in [0.25, 0.3) is 0 Å². The number of primary amides is 1. The van der Waals surface area contributed by atoms with Crippen LogP contribution in [0.4, 0.5) is 0 Å². The Morgan fingerprint density at radius 1 is 1.42 bits per heavy atom. The third-order valence-electron chi connectivity index (χ3n) is 2.74. The van der Waals surface area contributed by atoms with Gasteiger partial charge in [-0.1, -0.05) is 6.07 Å². The van der Waals surface area contributed by atoms with E-state index in [4.69, 9.17) is 5.73 Å². The molecule has 0 aliphatic rings. The highest BCUT2D eigenvalue weighted by atomic mass is 32.1. The second kappa shape index (κ2) is 5.71. The average molecular weight is 277 g/mol. The highest BCUT2D eigenvalue weighted by molar-refractivity contribution is 7.09. The Balaban J connectivity index is 2.10. The lowest BCUT2D eigenvalue weighted by atomic mass is 10.3. The van der Waals surface area contributed by atoms with Gasteiger partial charge in [-0.25, -0.2) is 0 Å². The molecule has 2 rings (SSSR count). The molecule has 0 unspecified atom stereocenters. The van der Waals surface area contributed by atoms with Gasteiger partial charge in [-0.3, -0.25) is 9.59 Å². The molecule has 2 amide bonds. The molecule has 2 aromatic heterocycles. The lowest BCUT2D eigenvalue weighted by Gasteiger charge is -2.12. The molecule has 0 saturated carbocycles. The van der Waals surface area contributed by atoms with Gasteiger partial charge in [0, 0.05) is 11.1 Å². The number of carbonyl (C=O) groups excluding carboxylic acids is 2. The molecular weight excluding hydrogens is 262 g/mol. The van der Waals surface area contributed by atoms with Crippen molar-refractivity contribution in [2.75, 3.05) is 0 Å². The van der Waals surface area contributed by atoms with Gasteiger partial charge in [0.2, 0.25) is 5.91 Å². The third kappa shape index (κ3) is 3.23. The summed E-state index contributed by atoms with van der Waals surface area (Å²) in [5.41, 5.74) is 5.64. The van der Waals surface area contributed by atoms with E-state index >= 15 is 0 Å². The zero-order valence-corrected chi connectivity index (χ0v) is 11.3. The van der Waals surface area contributed by atoms with Crippen molar-refractivity contribution in [3.8, 4) is 0 Å². The first kappa shape index (κ1) is 13.4. The van der Waals surface area contributed by atoms with Gasteiger partial charge in [0.25, 0.3) is 5.91 Å². The number of carbonyl (C=O) groups is 2. The van der Waals surface area contributed by atoms with E-state index in [1.165, 1.54) is 0 Å². The van der Waals surface area contributed by atoms with Crippen LogP contribution in [0.3, 0.4) is 0 Å². The predicted octanol–water partition coefficient (Wildman–Crippen LogP) is 1.20. The Morgan fingerprint density at radius 3 is 2.84 bits per heavy atom. The largest absolute Gasteiger partial charge is 0.368 e. The fourth-order valence-corrected chi connectivity index (χ4v) is 2.37. The van der Waals surface area contributed by atoms with E-state index in [1.807, 2.05) is 28.3 Å². The number of rotatable bonds is 5. The second-order valence-corrected chi connectivity index (χ2v) is 5.23. The highest BCUT2D eigenvalue weighted by Gasteiger charge is 2.16. The number of nitrogens with one attached hydrogen (secondary N) is 1. The van der Waals surface area contributed by atoms with Crippen molar-refractivity contribution in [3.63, 3.8) is 0 Å². The molecule has 0 spiro atoms. The first-order valence-corrected chi connectivity index (χ1v) is 6.73. The van der Waals surface area contributed by atoms with E-state index in [-0.39, 0.29) is 5.91 Å². The molecule has 3 N–H and O–H groups in total. The molecule has 1 atom stereocenters. The summed E-state index contributed by atoms with van der Waals surface area (Å²) in [5.74, 6) is -0.849. The quantitative estimate of drug-likeness (QED) is 0.861. The Labute approximate surface area is 115 Å². The molecule has 0 aliphatic heterocycles. The summed E-state index contributed by atoms with van der Waals surface area (Å²) in [6.07, 6.45) is 1.84. The van der Waals surface area contributed by atoms with E-state index in [1.54, 1.807) is 30.4 Å². The van der Waals surface area contributed by atoms with Gasteiger partial charge in [0.05, 0.1) is 6.54 Å². The third-order valence-corrected chi connectivity index (χ3v) is 3.60. The summed E-state index contributed by atoms with van der Waals surface area (Å²) in [6, 6.07) is 6.82. The van der Waals surface area contributed by atoms with Crippen molar-refractivity contribution < 1.29 is 9.59 Å². The van der Waals surface area contributed by atoms with E-state index in [9.17, 15) is 9.59 Å². The van der Waals surface area contributed by atoms with Crippen molar-refractivity contribution >= 4 is 23.2 Å². The smallest absolute Gasteiger partial charge is 0.268 e. The standard InChI is InChI=1S/C13H15N3O2S/c1-9(12(14)17)15-13(18)11-5-2-6-16(11)8-10-4-3-7-19-10/h2-7,9H,8H2,1H3,(H2,14,17)(H,15,18)/t9-/m1/s1. The van der Waals surface area contributed by atoms with Crippen molar-refractivity contribution in [3.05, 3.63) is 46.4 Å². The monoisotopic (exact) mass is 277 g/mol. The lowest BCUT2D eigenvalue weighted by Crippen LogP contribution is -2.42. The number of amides is 2. The van der Waals surface area contributed by atoms with Crippen LogP contribution in [0.15, 0.2) is 35.8 Å². The van der Waals surface area contributed by atoms with Gasteiger partial charge in [0.15, 0.2) is 0 Å².